The molecule has 0 atom stereocenters. The van der Waals surface area contributed by atoms with Crippen molar-refractivity contribution in [3.8, 4) is 11.5 Å². The molecule has 94 valence electrons. The summed E-state index contributed by atoms with van der Waals surface area (Å²) in [5.41, 5.74) is 1.15. The molecule has 0 radical (unpaired) electrons. The van der Waals surface area contributed by atoms with E-state index in [4.69, 9.17) is 4.74 Å². The van der Waals surface area contributed by atoms with E-state index >= 15 is 0 Å². The van der Waals surface area contributed by atoms with Crippen LogP contribution in [0.15, 0.2) is 46.9 Å². The highest BCUT2D eigenvalue weighted by Crippen LogP contribution is 2.26. The molecule has 0 bridgehead atoms. The van der Waals surface area contributed by atoms with Crippen molar-refractivity contribution in [1.82, 2.24) is 5.32 Å². The second-order valence-corrected chi connectivity index (χ2v) is 4.77. The molecular weight excluding hydrogens is 297 g/mol. The van der Waals surface area contributed by atoms with Crippen LogP contribution in [0.3, 0.4) is 0 Å². The third-order valence-corrected chi connectivity index (χ3v) is 2.92. The Labute approximate surface area is 114 Å². The Morgan fingerprint density at radius 1 is 1.17 bits per heavy atom. The zero-order chi connectivity index (χ0) is 13.0. The van der Waals surface area contributed by atoms with Crippen LogP contribution in [0, 0.1) is 5.82 Å². The summed E-state index contributed by atoms with van der Waals surface area (Å²) < 4.78 is 19.7. The van der Waals surface area contributed by atoms with Gasteiger partial charge in [-0.25, -0.2) is 4.39 Å². The van der Waals surface area contributed by atoms with Crippen molar-refractivity contribution in [1.29, 1.82) is 0 Å². The Kier molecular flexibility index (Phi) is 4.33. The molecule has 2 aromatic rings. The fourth-order valence-electron chi connectivity index (χ4n) is 1.56. The summed E-state index contributed by atoms with van der Waals surface area (Å²) in [5.74, 6) is 0.458. The molecule has 2 nitrogen and oxygen atoms in total. The smallest absolute Gasteiger partial charge is 0.166 e. The maximum absolute atomic E-state index is 13.6. The summed E-state index contributed by atoms with van der Waals surface area (Å²) in [7, 11) is 1.89. The van der Waals surface area contributed by atoms with Crippen LogP contribution in [0.25, 0.3) is 0 Å². The van der Waals surface area contributed by atoms with Crippen LogP contribution in [0.1, 0.15) is 5.56 Å². The molecule has 4 heteroatoms. The van der Waals surface area contributed by atoms with Gasteiger partial charge in [-0.05, 0) is 42.9 Å². The fraction of sp³-hybridized carbons (Fsp3) is 0.143. The molecule has 0 spiro atoms. The monoisotopic (exact) mass is 309 g/mol. The predicted molar refractivity (Wildman–Crippen MR) is 73.4 cm³/mol. The van der Waals surface area contributed by atoms with E-state index in [2.05, 4.69) is 21.2 Å². The third kappa shape index (κ3) is 3.31. The topological polar surface area (TPSA) is 21.3 Å². The van der Waals surface area contributed by atoms with E-state index in [0.717, 1.165) is 12.1 Å². The lowest BCUT2D eigenvalue weighted by atomic mass is 10.2. The van der Waals surface area contributed by atoms with Crippen molar-refractivity contribution < 1.29 is 9.13 Å². The highest BCUT2D eigenvalue weighted by Gasteiger charge is 2.05. The van der Waals surface area contributed by atoms with Crippen LogP contribution in [-0.2, 0) is 6.54 Å². The minimum Gasteiger partial charge on any atom is -0.454 e. The van der Waals surface area contributed by atoms with Gasteiger partial charge in [0.25, 0.3) is 0 Å². The second kappa shape index (κ2) is 5.98. The molecule has 0 unspecified atom stereocenters. The van der Waals surface area contributed by atoms with Gasteiger partial charge in [-0.3, -0.25) is 0 Å². The quantitative estimate of drug-likeness (QED) is 0.918. The molecule has 18 heavy (non-hydrogen) atoms. The minimum atomic E-state index is -0.385. The molecule has 0 aromatic heterocycles. The minimum absolute atomic E-state index is 0.222. The first-order valence-electron chi connectivity index (χ1n) is 5.55. The van der Waals surface area contributed by atoms with E-state index in [1.807, 2.05) is 31.3 Å². The van der Waals surface area contributed by atoms with Crippen molar-refractivity contribution in [3.05, 3.63) is 58.3 Å². The van der Waals surface area contributed by atoms with Crippen molar-refractivity contribution in [2.45, 2.75) is 6.54 Å². The molecule has 0 aliphatic carbocycles. The largest absolute Gasteiger partial charge is 0.454 e. The van der Waals surface area contributed by atoms with Gasteiger partial charge in [-0.15, -0.1) is 0 Å². The van der Waals surface area contributed by atoms with Gasteiger partial charge in [0.15, 0.2) is 11.6 Å². The molecule has 0 aliphatic heterocycles. The molecule has 2 rings (SSSR count). The van der Waals surface area contributed by atoms with Gasteiger partial charge in [0, 0.05) is 11.0 Å². The summed E-state index contributed by atoms with van der Waals surface area (Å²) in [6.45, 7) is 0.799. The number of nitrogens with one attached hydrogen (secondary N) is 1. The highest BCUT2D eigenvalue weighted by atomic mass is 79.9. The first-order valence-corrected chi connectivity index (χ1v) is 6.35. The van der Waals surface area contributed by atoms with Crippen molar-refractivity contribution in [2.24, 2.45) is 0 Å². The van der Waals surface area contributed by atoms with Crippen LogP contribution in [0.2, 0.25) is 0 Å². The predicted octanol–water partition coefficient (Wildman–Crippen LogP) is 4.10. The number of hydrogen-bond acceptors (Lipinski definition) is 2. The normalized spacial score (nSPS) is 10.4. The summed E-state index contributed by atoms with van der Waals surface area (Å²) >= 11 is 3.21. The standard InChI is InChI=1S/C14H13BrFNO/c1-17-9-10-2-5-12(6-3-10)18-14-7-4-11(15)8-13(14)16/h2-8,17H,9H2,1H3. The maximum atomic E-state index is 13.6. The van der Waals surface area contributed by atoms with E-state index in [0.29, 0.717) is 10.2 Å². The average molecular weight is 310 g/mol. The van der Waals surface area contributed by atoms with Gasteiger partial charge in [0.1, 0.15) is 5.75 Å². The van der Waals surface area contributed by atoms with Crippen molar-refractivity contribution >= 4 is 15.9 Å². The van der Waals surface area contributed by atoms with E-state index in [1.54, 1.807) is 12.1 Å². The molecule has 0 saturated heterocycles. The molecule has 0 heterocycles. The summed E-state index contributed by atoms with van der Waals surface area (Å²) in [5, 5.41) is 3.06. The van der Waals surface area contributed by atoms with Crippen LogP contribution < -0.4 is 10.1 Å². The summed E-state index contributed by atoms with van der Waals surface area (Å²) in [4.78, 5) is 0. The summed E-state index contributed by atoms with van der Waals surface area (Å²) in [6, 6.07) is 12.3. The first-order chi connectivity index (χ1) is 8.69. The number of ether oxygens (including phenoxy) is 1. The van der Waals surface area contributed by atoms with Crippen molar-refractivity contribution in [2.75, 3.05) is 7.05 Å². The second-order valence-electron chi connectivity index (χ2n) is 3.85. The van der Waals surface area contributed by atoms with Crippen LogP contribution in [0.4, 0.5) is 4.39 Å². The van der Waals surface area contributed by atoms with Gasteiger partial charge >= 0.3 is 0 Å². The number of benzene rings is 2. The third-order valence-electron chi connectivity index (χ3n) is 2.43. The number of halogens is 2. The molecule has 0 aliphatic rings. The average Bonchev–Trinajstić information content (AvgIpc) is 2.35. The zero-order valence-corrected chi connectivity index (χ0v) is 11.5. The fourth-order valence-corrected chi connectivity index (χ4v) is 1.90. The van der Waals surface area contributed by atoms with Gasteiger partial charge in [0.05, 0.1) is 0 Å². The SMILES string of the molecule is CNCc1ccc(Oc2ccc(Br)cc2F)cc1. The van der Waals surface area contributed by atoms with Crippen LogP contribution >= 0.6 is 15.9 Å². The van der Waals surface area contributed by atoms with E-state index in [9.17, 15) is 4.39 Å². The molecule has 0 amide bonds. The lowest BCUT2D eigenvalue weighted by Crippen LogP contribution is -2.04. The molecule has 0 saturated carbocycles. The van der Waals surface area contributed by atoms with E-state index in [1.165, 1.54) is 6.07 Å². The lowest BCUT2D eigenvalue weighted by molar-refractivity contribution is 0.442. The molecular formula is C14H13BrFNO. The Bertz CT molecular complexity index is 528. The molecule has 1 N–H and O–H groups in total. The number of hydrogen-bond donors (Lipinski definition) is 1. The molecule has 2 aromatic carbocycles. The van der Waals surface area contributed by atoms with Gasteiger partial charge < -0.3 is 10.1 Å². The lowest BCUT2D eigenvalue weighted by Gasteiger charge is -2.08. The summed E-state index contributed by atoms with van der Waals surface area (Å²) in [6.07, 6.45) is 0. The maximum Gasteiger partial charge on any atom is 0.166 e. The van der Waals surface area contributed by atoms with Gasteiger partial charge in [0.2, 0.25) is 0 Å². The van der Waals surface area contributed by atoms with Crippen LogP contribution in [-0.4, -0.2) is 7.05 Å². The number of rotatable bonds is 4. The Morgan fingerprint density at radius 2 is 1.89 bits per heavy atom. The van der Waals surface area contributed by atoms with Gasteiger partial charge in [-0.1, -0.05) is 28.1 Å². The molecule has 0 fully saturated rings. The van der Waals surface area contributed by atoms with Gasteiger partial charge in [-0.2, -0.15) is 0 Å². The zero-order valence-electron chi connectivity index (χ0n) is 9.91. The van der Waals surface area contributed by atoms with E-state index in [-0.39, 0.29) is 11.6 Å². The Balaban J connectivity index is 2.13. The van der Waals surface area contributed by atoms with Crippen molar-refractivity contribution in [3.63, 3.8) is 0 Å². The van der Waals surface area contributed by atoms with E-state index < -0.39 is 0 Å². The Hall–Kier alpha value is -1.39. The van der Waals surface area contributed by atoms with Crippen LogP contribution in [0.5, 0.6) is 11.5 Å². The Morgan fingerprint density at radius 3 is 2.50 bits per heavy atom. The highest BCUT2D eigenvalue weighted by molar-refractivity contribution is 9.10. The first kappa shape index (κ1) is 13.1.